The molecule has 1 amide bonds. The molecular formula is C10H6BrN3O3S. The van der Waals surface area contributed by atoms with Gasteiger partial charge in [-0.1, -0.05) is 11.3 Å². The molecule has 0 aliphatic carbocycles. The summed E-state index contributed by atoms with van der Waals surface area (Å²) in [6.07, 6.45) is 2.79. The molecule has 0 spiro atoms. The monoisotopic (exact) mass is 327 g/mol. The second-order valence-corrected chi connectivity index (χ2v) is 5.57. The Bertz CT molecular complexity index is 597. The summed E-state index contributed by atoms with van der Waals surface area (Å²) in [6, 6.07) is 2.67. The lowest BCUT2D eigenvalue weighted by Gasteiger charge is -2.01. The summed E-state index contributed by atoms with van der Waals surface area (Å²) >= 11 is 4.51. The molecule has 0 fully saturated rings. The molecule has 0 saturated heterocycles. The second kappa shape index (κ2) is 5.23. The number of nitrogens with one attached hydrogen (secondary N) is 1. The van der Waals surface area contributed by atoms with Gasteiger partial charge in [-0.3, -0.25) is 10.1 Å². The van der Waals surface area contributed by atoms with E-state index in [0.29, 0.717) is 5.13 Å². The molecule has 2 aromatic heterocycles. The topological polar surface area (TPSA) is 92.2 Å². The van der Waals surface area contributed by atoms with E-state index in [0.717, 1.165) is 3.79 Å². The third-order valence-corrected chi connectivity index (χ3v) is 3.33. The van der Waals surface area contributed by atoms with Crippen LogP contribution in [-0.2, 0) is 0 Å². The average molecular weight is 328 g/mol. The minimum Gasteiger partial charge on any atom is -0.477 e. The summed E-state index contributed by atoms with van der Waals surface area (Å²) in [4.78, 5) is 30.0. The van der Waals surface area contributed by atoms with Gasteiger partial charge in [-0.2, -0.15) is 0 Å². The molecule has 2 N–H and O–H groups in total. The number of aromatic nitrogens is 2. The lowest BCUT2D eigenvalue weighted by Crippen LogP contribution is -2.12. The number of hydrogen-bond donors (Lipinski definition) is 2. The van der Waals surface area contributed by atoms with Crippen LogP contribution in [0.15, 0.2) is 28.3 Å². The van der Waals surface area contributed by atoms with Gasteiger partial charge in [-0.15, -0.1) is 0 Å². The minimum atomic E-state index is -1.13. The first kappa shape index (κ1) is 12.7. The minimum absolute atomic E-state index is 0.108. The zero-order valence-electron chi connectivity index (χ0n) is 8.75. The summed E-state index contributed by atoms with van der Waals surface area (Å²) in [5.74, 6) is -1.52. The van der Waals surface area contributed by atoms with Gasteiger partial charge in [0, 0.05) is 6.20 Å². The second-order valence-electron chi connectivity index (χ2n) is 3.16. The largest absolute Gasteiger partial charge is 0.477 e. The number of rotatable bonds is 3. The fourth-order valence-electron chi connectivity index (χ4n) is 1.14. The molecule has 0 atom stereocenters. The van der Waals surface area contributed by atoms with Crippen molar-refractivity contribution in [1.29, 1.82) is 0 Å². The molecule has 0 aromatic carbocycles. The Morgan fingerprint density at radius 3 is 2.56 bits per heavy atom. The number of hydrogen-bond acceptors (Lipinski definition) is 5. The van der Waals surface area contributed by atoms with Crippen LogP contribution in [0.4, 0.5) is 5.13 Å². The number of thiazole rings is 1. The molecule has 8 heteroatoms. The van der Waals surface area contributed by atoms with Crippen molar-refractivity contribution in [1.82, 2.24) is 9.97 Å². The number of pyridine rings is 1. The molecule has 6 nitrogen and oxygen atoms in total. The maximum atomic E-state index is 11.8. The van der Waals surface area contributed by atoms with Gasteiger partial charge in [0.05, 0.1) is 15.5 Å². The van der Waals surface area contributed by atoms with E-state index in [-0.39, 0.29) is 17.2 Å². The Morgan fingerprint density at radius 2 is 2.06 bits per heavy atom. The SMILES string of the molecule is O=C(Nc1ncc(Br)s1)c1ccc(C(=O)O)nc1. The molecule has 0 aliphatic rings. The molecular weight excluding hydrogens is 322 g/mol. The summed E-state index contributed by atoms with van der Waals surface area (Å²) in [7, 11) is 0. The maximum Gasteiger partial charge on any atom is 0.354 e. The molecule has 92 valence electrons. The van der Waals surface area contributed by atoms with Crippen LogP contribution in [0.5, 0.6) is 0 Å². The van der Waals surface area contributed by atoms with Crippen molar-refractivity contribution in [2.45, 2.75) is 0 Å². The Morgan fingerprint density at radius 1 is 1.28 bits per heavy atom. The van der Waals surface area contributed by atoms with E-state index in [4.69, 9.17) is 5.11 Å². The standard InChI is InChI=1S/C10H6BrN3O3S/c11-7-4-13-10(18-7)14-8(15)5-1-2-6(9(16)17)12-3-5/h1-4H,(H,16,17)(H,13,14,15). The lowest BCUT2D eigenvalue weighted by molar-refractivity contribution is 0.0690. The van der Waals surface area contributed by atoms with Gasteiger partial charge in [0.25, 0.3) is 5.91 Å². The van der Waals surface area contributed by atoms with Gasteiger partial charge in [0.2, 0.25) is 0 Å². The predicted molar refractivity (Wildman–Crippen MR) is 69.0 cm³/mol. The first-order chi connectivity index (χ1) is 8.56. The van der Waals surface area contributed by atoms with Crippen LogP contribution in [-0.4, -0.2) is 27.0 Å². The van der Waals surface area contributed by atoms with E-state index in [1.807, 2.05) is 0 Å². The number of aromatic carboxylic acids is 1. The number of halogens is 1. The third kappa shape index (κ3) is 2.90. The summed E-state index contributed by atoms with van der Waals surface area (Å²) in [5, 5.41) is 11.7. The first-order valence-electron chi connectivity index (χ1n) is 4.68. The van der Waals surface area contributed by atoms with Gasteiger partial charge >= 0.3 is 5.97 Å². The van der Waals surface area contributed by atoms with E-state index >= 15 is 0 Å². The van der Waals surface area contributed by atoms with Crippen molar-refractivity contribution in [3.8, 4) is 0 Å². The number of carbonyl (C=O) groups excluding carboxylic acids is 1. The van der Waals surface area contributed by atoms with Gasteiger partial charge in [0.1, 0.15) is 5.69 Å². The molecule has 2 aromatic rings. The van der Waals surface area contributed by atoms with Crippen molar-refractivity contribution >= 4 is 44.3 Å². The highest BCUT2D eigenvalue weighted by Crippen LogP contribution is 2.23. The number of carboxylic acids is 1. The number of amides is 1. The first-order valence-corrected chi connectivity index (χ1v) is 6.29. The van der Waals surface area contributed by atoms with Crippen LogP contribution in [0.2, 0.25) is 0 Å². The average Bonchev–Trinajstić information content (AvgIpc) is 2.75. The Labute approximate surface area is 114 Å². The zero-order valence-corrected chi connectivity index (χ0v) is 11.2. The summed E-state index contributed by atoms with van der Waals surface area (Å²) < 4.78 is 0.803. The maximum absolute atomic E-state index is 11.8. The van der Waals surface area contributed by atoms with Gasteiger partial charge < -0.3 is 5.11 Å². The third-order valence-electron chi connectivity index (χ3n) is 1.94. The molecule has 2 rings (SSSR count). The smallest absolute Gasteiger partial charge is 0.354 e. The van der Waals surface area contributed by atoms with Crippen LogP contribution in [0.25, 0.3) is 0 Å². The molecule has 0 radical (unpaired) electrons. The van der Waals surface area contributed by atoms with Gasteiger partial charge in [0.15, 0.2) is 5.13 Å². The molecule has 2 heterocycles. The fraction of sp³-hybridized carbons (Fsp3) is 0. The van der Waals surface area contributed by atoms with Crippen LogP contribution in [0, 0.1) is 0 Å². The fourth-order valence-corrected chi connectivity index (χ4v) is 2.24. The zero-order chi connectivity index (χ0) is 13.1. The Balaban J connectivity index is 2.11. The molecule has 0 unspecified atom stereocenters. The van der Waals surface area contributed by atoms with E-state index in [1.54, 1.807) is 6.20 Å². The van der Waals surface area contributed by atoms with Gasteiger partial charge in [-0.25, -0.2) is 14.8 Å². The van der Waals surface area contributed by atoms with Crippen molar-refractivity contribution in [3.05, 3.63) is 39.6 Å². The summed E-state index contributed by atoms with van der Waals surface area (Å²) in [6.45, 7) is 0. The van der Waals surface area contributed by atoms with E-state index in [9.17, 15) is 9.59 Å². The van der Waals surface area contributed by atoms with E-state index in [2.05, 4.69) is 31.2 Å². The van der Waals surface area contributed by atoms with Crippen LogP contribution >= 0.6 is 27.3 Å². The van der Waals surface area contributed by atoms with Crippen molar-refractivity contribution < 1.29 is 14.7 Å². The summed E-state index contributed by atoms with van der Waals surface area (Å²) in [5.41, 5.74) is 0.162. The molecule has 18 heavy (non-hydrogen) atoms. The molecule has 0 aliphatic heterocycles. The molecule has 0 bridgehead atoms. The number of carbonyl (C=O) groups is 2. The Kier molecular flexibility index (Phi) is 3.68. The van der Waals surface area contributed by atoms with E-state index < -0.39 is 5.97 Å². The van der Waals surface area contributed by atoms with Gasteiger partial charge in [-0.05, 0) is 28.1 Å². The Hall–Kier alpha value is -1.80. The normalized spacial score (nSPS) is 10.1. The highest BCUT2D eigenvalue weighted by Gasteiger charge is 2.10. The highest BCUT2D eigenvalue weighted by atomic mass is 79.9. The van der Waals surface area contributed by atoms with Crippen LogP contribution < -0.4 is 5.32 Å². The van der Waals surface area contributed by atoms with Crippen molar-refractivity contribution in [3.63, 3.8) is 0 Å². The van der Waals surface area contributed by atoms with Crippen LogP contribution in [0.3, 0.4) is 0 Å². The van der Waals surface area contributed by atoms with E-state index in [1.165, 1.54) is 29.7 Å². The number of nitrogens with zero attached hydrogens (tertiary/aromatic N) is 2. The molecule has 0 saturated carbocycles. The quantitative estimate of drug-likeness (QED) is 0.901. The van der Waals surface area contributed by atoms with Crippen LogP contribution in [0.1, 0.15) is 20.8 Å². The van der Waals surface area contributed by atoms with Crippen molar-refractivity contribution in [2.75, 3.05) is 5.32 Å². The number of anilines is 1. The number of carboxylic acid groups (broad SMARTS) is 1. The predicted octanol–water partition coefficient (Wildman–Crippen LogP) is 2.25. The highest BCUT2D eigenvalue weighted by molar-refractivity contribution is 9.11. The lowest BCUT2D eigenvalue weighted by atomic mass is 10.2. The van der Waals surface area contributed by atoms with Crippen molar-refractivity contribution in [2.24, 2.45) is 0 Å².